The molecule has 342 valence electrons. The number of carbonyl (C=O) groups is 2. The van der Waals surface area contributed by atoms with Gasteiger partial charge in [0.05, 0.1) is 25.2 Å². The van der Waals surface area contributed by atoms with Crippen LogP contribution in [0, 0.1) is 0 Å². The van der Waals surface area contributed by atoms with Crippen LogP contribution in [-0.4, -0.2) is 46.9 Å². The molecular formula is C52H99NO5. The van der Waals surface area contributed by atoms with Crippen molar-refractivity contribution >= 4 is 11.9 Å². The van der Waals surface area contributed by atoms with Crippen LogP contribution in [-0.2, 0) is 14.3 Å². The Morgan fingerprint density at radius 3 is 1.29 bits per heavy atom. The Morgan fingerprint density at radius 2 is 0.862 bits per heavy atom. The standard InChI is InChI=1S/C52H99NO5/c1-4-7-10-13-16-19-22-24-26-27-29-31-34-37-40-43-48(58-52(57)45-42-39-36-33-21-18-15-12-9-6-3)46-51(56)53-49(47-54)50(55)44-41-38-35-32-30-28-25-23-20-17-14-11-8-5-2/h12,15,24,26,48-50,54-55H,4-11,13-14,16-23,25,27-47H2,1-3H3,(H,53,56)/b15-12-,26-24+. The molecule has 0 bridgehead atoms. The van der Waals surface area contributed by atoms with E-state index in [9.17, 15) is 19.8 Å². The van der Waals surface area contributed by atoms with Gasteiger partial charge >= 0.3 is 5.97 Å². The first-order valence-electron chi connectivity index (χ1n) is 25.6. The number of nitrogens with one attached hydrogen (secondary N) is 1. The lowest BCUT2D eigenvalue weighted by Gasteiger charge is -2.24. The molecule has 6 heteroatoms. The average molecular weight is 818 g/mol. The molecule has 0 heterocycles. The van der Waals surface area contributed by atoms with Crippen molar-refractivity contribution in [2.75, 3.05) is 6.61 Å². The maximum atomic E-state index is 13.2. The van der Waals surface area contributed by atoms with Gasteiger partial charge in [0.15, 0.2) is 0 Å². The predicted octanol–water partition coefficient (Wildman–Crippen LogP) is 15.1. The van der Waals surface area contributed by atoms with Gasteiger partial charge in [-0.2, -0.15) is 0 Å². The van der Waals surface area contributed by atoms with Crippen molar-refractivity contribution in [3.8, 4) is 0 Å². The molecule has 3 N–H and O–H groups in total. The maximum Gasteiger partial charge on any atom is 0.306 e. The summed E-state index contributed by atoms with van der Waals surface area (Å²) in [6, 6.07) is -0.701. The summed E-state index contributed by atoms with van der Waals surface area (Å²) in [5.74, 6) is -0.484. The average Bonchev–Trinajstić information content (AvgIpc) is 3.22. The van der Waals surface area contributed by atoms with Gasteiger partial charge in [-0.05, 0) is 70.6 Å². The summed E-state index contributed by atoms with van der Waals surface area (Å²) in [5, 5.41) is 23.8. The summed E-state index contributed by atoms with van der Waals surface area (Å²) in [4.78, 5) is 26.1. The number of ether oxygens (including phenoxy) is 1. The third-order valence-electron chi connectivity index (χ3n) is 11.7. The van der Waals surface area contributed by atoms with E-state index in [4.69, 9.17) is 4.74 Å². The Bertz CT molecular complexity index is 919. The summed E-state index contributed by atoms with van der Waals surface area (Å²) in [6.45, 7) is 6.43. The third-order valence-corrected chi connectivity index (χ3v) is 11.7. The first-order chi connectivity index (χ1) is 28.5. The molecule has 0 rings (SSSR count). The number of rotatable bonds is 46. The number of amides is 1. The van der Waals surface area contributed by atoms with E-state index in [0.717, 1.165) is 70.6 Å². The highest BCUT2D eigenvalue weighted by Crippen LogP contribution is 2.18. The lowest BCUT2D eigenvalue weighted by atomic mass is 10.0. The van der Waals surface area contributed by atoms with E-state index in [-0.39, 0.29) is 24.9 Å². The molecule has 0 saturated heterocycles. The minimum atomic E-state index is -0.787. The van der Waals surface area contributed by atoms with E-state index < -0.39 is 18.2 Å². The van der Waals surface area contributed by atoms with Crippen molar-refractivity contribution in [1.82, 2.24) is 5.32 Å². The van der Waals surface area contributed by atoms with Gasteiger partial charge in [0, 0.05) is 6.42 Å². The molecular weight excluding hydrogens is 719 g/mol. The number of esters is 1. The second-order valence-electron chi connectivity index (χ2n) is 17.6. The minimum absolute atomic E-state index is 0.0722. The second kappa shape index (κ2) is 46.4. The van der Waals surface area contributed by atoms with Gasteiger partial charge in [0.2, 0.25) is 5.91 Å². The number of allylic oxidation sites excluding steroid dienone is 4. The topological polar surface area (TPSA) is 95.9 Å². The quantitative estimate of drug-likeness (QED) is 0.0323. The van der Waals surface area contributed by atoms with Gasteiger partial charge in [-0.15, -0.1) is 0 Å². The fourth-order valence-corrected chi connectivity index (χ4v) is 7.84. The SMILES string of the molecule is CCC/C=C\CCCCCCCC(=O)OC(CCCCCCC/C=C/CCCCCCCC)CC(=O)NC(CO)C(O)CCCCCCCCCCCCCCCC. The number of unbranched alkanes of at least 4 members (excludes halogenated alkanes) is 30. The zero-order valence-electron chi connectivity index (χ0n) is 38.9. The molecule has 3 unspecified atom stereocenters. The van der Waals surface area contributed by atoms with Crippen LogP contribution in [0.5, 0.6) is 0 Å². The zero-order valence-corrected chi connectivity index (χ0v) is 38.9. The summed E-state index contributed by atoms with van der Waals surface area (Å²) in [6.07, 6.45) is 52.4. The molecule has 0 fully saturated rings. The summed E-state index contributed by atoms with van der Waals surface area (Å²) in [5.41, 5.74) is 0. The maximum absolute atomic E-state index is 13.2. The molecule has 1 amide bonds. The van der Waals surface area contributed by atoms with Crippen LogP contribution in [0.25, 0.3) is 0 Å². The van der Waals surface area contributed by atoms with Crippen LogP contribution >= 0.6 is 0 Å². The Hall–Kier alpha value is -1.66. The van der Waals surface area contributed by atoms with Gasteiger partial charge in [0.1, 0.15) is 6.10 Å². The number of aliphatic hydroxyl groups is 2. The van der Waals surface area contributed by atoms with E-state index in [2.05, 4.69) is 50.4 Å². The first-order valence-corrected chi connectivity index (χ1v) is 25.6. The van der Waals surface area contributed by atoms with Crippen molar-refractivity contribution in [1.29, 1.82) is 0 Å². The third kappa shape index (κ3) is 41.1. The van der Waals surface area contributed by atoms with Crippen LogP contribution in [0.4, 0.5) is 0 Å². The summed E-state index contributed by atoms with van der Waals surface area (Å²) in [7, 11) is 0. The number of aliphatic hydroxyl groups excluding tert-OH is 2. The Balaban J connectivity index is 4.54. The molecule has 0 aliphatic rings. The summed E-state index contributed by atoms with van der Waals surface area (Å²) < 4.78 is 5.91. The molecule has 6 nitrogen and oxygen atoms in total. The Labute approximate surface area is 361 Å². The van der Waals surface area contributed by atoms with Gasteiger partial charge in [-0.1, -0.05) is 212 Å². The number of carbonyl (C=O) groups excluding carboxylic acids is 2. The highest BCUT2D eigenvalue weighted by atomic mass is 16.5. The summed E-state index contributed by atoms with van der Waals surface area (Å²) >= 11 is 0. The largest absolute Gasteiger partial charge is 0.462 e. The fourth-order valence-electron chi connectivity index (χ4n) is 7.84. The van der Waals surface area contributed by atoms with Gasteiger partial charge in [-0.3, -0.25) is 9.59 Å². The van der Waals surface area contributed by atoms with Crippen molar-refractivity contribution in [2.24, 2.45) is 0 Å². The van der Waals surface area contributed by atoms with Crippen LogP contribution < -0.4 is 5.32 Å². The van der Waals surface area contributed by atoms with Crippen molar-refractivity contribution in [2.45, 2.75) is 289 Å². The molecule has 0 aromatic carbocycles. The van der Waals surface area contributed by atoms with Crippen LogP contribution in [0.15, 0.2) is 24.3 Å². The normalized spacial score (nSPS) is 13.4. The monoisotopic (exact) mass is 818 g/mol. The molecule has 0 saturated carbocycles. The van der Waals surface area contributed by atoms with Crippen molar-refractivity contribution in [3.05, 3.63) is 24.3 Å². The molecule has 0 aliphatic heterocycles. The highest BCUT2D eigenvalue weighted by Gasteiger charge is 2.24. The van der Waals surface area contributed by atoms with Gasteiger partial charge in [-0.25, -0.2) is 0 Å². The van der Waals surface area contributed by atoms with Crippen molar-refractivity contribution < 1.29 is 24.5 Å². The predicted molar refractivity (Wildman–Crippen MR) is 250 cm³/mol. The van der Waals surface area contributed by atoms with Crippen LogP contribution in [0.2, 0.25) is 0 Å². The molecule has 3 atom stereocenters. The van der Waals surface area contributed by atoms with E-state index >= 15 is 0 Å². The highest BCUT2D eigenvalue weighted by molar-refractivity contribution is 5.77. The van der Waals surface area contributed by atoms with E-state index in [0.29, 0.717) is 19.3 Å². The molecule has 0 aliphatic carbocycles. The van der Waals surface area contributed by atoms with E-state index in [1.807, 2.05) is 0 Å². The van der Waals surface area contributed by atoms with Crippen LogP contribution in [0.3, 0.4) is 0 Å². The fraction of sp³-hybridized carbons (Fsp3) is 0.885. The van der Waals surface area contributed by atoms with E-state index in [1.54, 1.807) is 0 Å². The lowest BCUT2D eigenvalue weighted by Crippen LogP contribution is -2.46. The zero-order chi connectivity index (χ0) is 42.4. The molecule has 0 aromatic rings. The molecule has 0 aromatic heterocycles. The minimum Gasteiger partial charge on any atom is -0.462 e. The first kappa shape index (κ1) is 56.3. The lowest BCUT2D eigenvalue weighted by molar-refractivity contribution is -0.151. The Morgan fingerprint density at radius 1 is 0.483 bits per heavy atom. The van der Waals surface area contributed by atoms with Crippen LogP contribution in [0.1, 0.15) is 271 Å². The smallest absolute Gasteiger partial charge is 0.306 e. The van der Waals surface area contributed by atoms with Gasteiger partial charge in [0.25, 0.3) is 0 Å². The van der Waals surface area contributed by atoms with E-state index in [1.165, 1.54) is 154 Å². The number of hydrogen-bond donors (Lipinski definition) is 3. The Kier molecular flexibility index (Phi) is 45.1. The van der Waals surface area contributed by atoms with Crippen molar-refractivity contribution in [3.63, 3.8) is 0 Å². The number of hydrogen-bond acceptors (Lipinski definition) is 5. The second-order valence-corrected chi connectivity index (χ2v) is 17.6. The van der Waals surface area contributed by atoms with Gasteiger partial charge < -0.3 is 20.3 Å². The molecule has 0 spiro atoms. The molecule has 58 heavy (non-hydrogen) atoms. The molecule has 0 radical (unpaired) electrons.